The maximum atomic E-state index is 3.67. The maximum Gasteiger partial charge on any atom is 0.0452 e. The molecular formula is C12H15N. The van der Waals surface area contributed by atoms with Gasteiger partial charge in [0.2, 0.25) is 0 Å². The number of hydrogen-bond donors (Lipinski definition) is 1. The molecular weight excluding hydrogens is 158 g/mol. The Bertz CT molecular complexity index is 314. The number of benzene rings is 1. The van der Waals surface area contributed by atoms with Crippen molar-refractivity contribution in [3.63, 3.8) is 0 Å². The standard InChI is InChI=1S/C12H15N/c1-9-2-4-10(5-3-9)12-7-6-11(8-12)13-12/h2-5,11,13H,6-8H2,1H3. The van der Waals surface area contributed by atoms with Crippen LogP contribution in [-0.2, 0) is 5.54 Å². The molecule has 2 aliphatic heterocycles. The van der Waals surface area contributed by atoms with Gasteiger partial charge >= 0.3 is 0 Å². The monoisotopic (exact) mass is 173 g/mol. The van der Waals surface area contributed by atoms with Crippen LogP contribution < -0.4 is 5.32 Å². The first-order valence-corrected chi connectivity index (χ1v) is 5.13. The first-order chi connectivity index (χ1) is 6.28. The van der Waals surface area contributed by atoms with Crippen LogP contribution in [0.2, 0.25) is 0 Å². The van der Waals surface area contributed by atoms with E-state index in [2.05, 4.69) is 36.5 Å². The Labute approximate surface area is 79.2 Å². The van der Waals surface area contributed by atoms with Gasteiger partial charge in [0.05, 0.1) is 0 Å². The molecule has 0 amide bonds. The summed E-state index contributed by atoms with van der Waals surface area (Å²) in [6, 6.07) is 9.82. The highest BCUT2D eigenvalue weighted by Crippen LogP contribution is 2.47. The zero-order valence-electron chi connectivity index (χ0n) is 8.01. The first kappa shape index (κ1) is 7.57. The smallest absolute Gasteiger partial charge is 0.0452 e. The second kappa shape index (κ2) is 2.36. The molecule has 1 heteroatoms. The van der Waals surface area contributed by atoms with Crippen molar-refractivity contribution < 1.29 is 0 Å². The lowest BCUT2D eigenvalue weighted by atomic mass is 9.83. The van der Waals surface area contributed by atoms with E-state index in [4.69, 9.17) is 0 Å². The van der Waals surface area contributed by atoms with Crippen LogP contribution in [0.5, 0.6) is 0 Å². The van der Waals surface area contributed by atoms with Crippen molar-refractivity contribution >= 4 is 0 Å². The van der Waals surface area contributed by atoms with Crippen molar-refractivity contribution in [1.82, 2.24) is 5.32 Å². The molecule has 2 bridgehead atoms. The third-order valence-corrected chi connectivity index (χ3v) is 3.60. The van der Waals surface area contributed by atoms with Gasteiger partial charge in [0.1, 0.15) is 0 Å². The van der Waals surface area contributed by atoms with Crippen molar-refractivity contribution in [2.75, 3.05) is 0 Å². The van der Waals surface area contributed by atoms with E-state index in [0.29, 0.717) is 5.54 Å². The molecule has 1 aromatic rings. The molecule has 1 aromatic carbocycles. The summed E-state index contributed by atoms with van der Waals surface area (Å²) in [7, 11) is 0. The molecule has 2 saturated heterocycles. The minimum atomic E-state index is 0.373. The lowest BCUT2D eigenvalue weighted by Crippen LogP contribution is -2.53. The van der Waals surface area contributed by atoms with Crippen LogP contribution in [0.15, 0.2) is 24.3 Å². The average molecular weight is 173 g/mol. The Kier molecular flexibility index (Phi) is 1.37. The van der Waals surface area contributed by atoms with E-state index in [1.54, 1.807) is 0 Å². The van der Waals surface area contributed by atoms with Crippen LogP contribution in [-0.4, -0.2) is 6.04 Å². The zero-order valence-corrected chi connectivity index (χ0v) is 8.01. The number of hydrogen-bond acceptors (Lipinski definition) is 1. The lowest BCUT2D eigenvalue weighted by Gasteiger charge is -2.40. The van der Waals surface area contributed by atoms with Crippen LogP contribution in [0.3, 0.4) is 0 Å². The number of nitrogens with one attached hydrogen (secondary N) is 1. The molecule has 13 heavy (non-hydrogen) atoms. The van der Waals surface area contributed by atoms with E-state index in [0.717, 1.165) is 6.04 Å². The van der Waals surface area contributed by atoms with Crippen molar-refractivity contribution in [3.05, 3.63) is 35.4 Å². The third-order valence-electron chi connectivity index (χ3n) is 3.60. The SMILES string of the molecule is Cc1ccc(C23CCC(C2)N3)cc1. The summed E-state index contributed by atoms with van der Waals surface area (Å²) in [5.41, 5.74) is 3.22. The lowest BCUT2D eigenvalue weighted by molar-refractivity contribution is 0.225. The maximum absolute atomic E-state index is 3.67. The van der Waals surface area contributed by atoms with Crippen LogP contribution in [0.4, 0.5) is 0 Å². The van der Waals surface area contributed by atoms with E-state index >= 15 is 0 Å². The molecule has 2 heterocycles. The molecule has 1 N–H and O–H groups in total. The summed E-state index contributed by atoms with van der Waals surface area (Å²) >= 11 is 0. The summed E-state index contributed by atoms with van der Waals surface area (Å²) in [6.07, 6.45) is 4.06. The van der Waals surface area contributed by atoms with Gasteiger partial charge in [0, 0.05) is 11.6 Å². The Balaban J connectivity index is 1.96. The normalized spacial score (nSPS) is 35.9. The van der Waals surface area contributed by atoms with Crippen molar-refractivity contribution in [1.29, 1.82) is 0 Å². The Morgan fingerprint density at radius 2 is 2.00 bits per heavy atom. The van der Waals surface area contributed by atoms with Gasteiger partial charge in [0.25, 0.3) is 0 Å². The van der Waals surface area contributed by atoms with Crippen LogP contribution in [0.1, 0.15) is 30.4 Å². The molecule has 2 atom stereocenters. The average Bonchev–Trinajstić information content (AvgIpc) is 2.63. The second-order valence-electron chi connectivity index (χ2n) is 4.53. The molecule has 2 unspecified atom stereocenters. The Morgan fingerprint density at radius 1 is 1.31 bits per heavy atom. The van der Waals surface area contributed by atoms with E-state index in [9.17, 15) is 0 Å². The van der Waals surface area contributed by atoms with Crippen LogP contribution in [0, 0.1) is 6.92 Å². The summed E-state index contributed by atoms with van der Waals surface area (Å²) < 4.78 is 0. The van der Waals surface area contributed by atoms with E-state index in [1.165, 1.54) is 30.4 Å². The predicted octanol–water partition coefficient (Wildman–Crippen LogP) is 2.35. The van der Waals surface area contributed by atoms with Crippen molar-refractivity contribution in [3.8, 4) is 0 Å². The topological polar surface area (TPSA) is 12.0 Å². The summed E-state index contributed by atoms with van der Waals surface area (Å²) in [5, 5.41) is 3.67. The molecule has 1 saturated carbocycles. The van der Waals surface area contributed by atoms with E-state index in [1.807, 2.05) is 0 Å². The quantitative estimate of drug-likeness (QED) is 0.687. The van der Waals surface area contributed by atoms with Gasteiger partial charge in [-0.2, -0.15) is 0 Å². The van der Waals surface area contributed by atoms with Gasteiger partial charge in [-0.05, 0) is 31.7 Å². The molecule has 3 aliphatic rings. The molecule has 1 aliphatic carbocycles. The summed E-state index contributed by atoms with van der Waals surface area (Å²) in [4.78, 5) is 0. The number of rotatable bonds is 1. The van der Waals surface area contributed by atoms with Gasteiger partial charge in [-0.15, -0.1) is 0 Å². The minimum absolute atomic E-state index is 0.373. The minimum Gasteiger partial charge on any atom is -0.304 e. The van der Waals surface area contributed by atoms with Gasteiger partial charge in [-0.25, -0.2) is 0 Å². The summed E-state index contributed by atoms with van der Waals surface area (Å²) in [5.74, 6) is 0. The fourth-order valence-corrected chi connectivity index (χ4v) is 2.78. The van der Waals surface area contributed by atoms with Gasteiger partial charge in [-0.1, -0.05) is 29.8 Å². The highest BCUT2D eigenvalue weighted by molar-refractivity contribution is 5.33. The largest absolute Gasteiger partial charge is 0.304 e. The van der Waals surface area contributed by atoms with E-state index in [-0.39, 0.29) is 0 Å². The van der Waals surface area contributed by atoms with Crippen LogP contribution >= 0.6 is 0 Å². The molecule has 0 spiro atoms. The highest BCUT2D eigenvalue weighted by atomic mass is 15.1. The zero-order chi connectivity index (χ0) is 8.89. The molecule has 0 radical (unpaired) electrons. The van der Waals surface area contributed by atoms with E-state index < -0.39 is 0 Å². The van der Waals surface area contributed by atoms with Gasteiger partial charge in [0.15, 0.2) is 0 Å². The molecule has 0 aromatic heterocycles. The first-order valence-electron chi connectivity index (χ1n) is 5.13. The second-order valence-corrected chi connectivity index (χ2v) is 4.53. The molecule has 4 rings (SSSR count). The summed E-state index contributed by atoms with van der Waals surface area (Å²) in [6.45, 7) is 2.15. The molecule has 1 nitrogen and oxygen atoms in total. The van der Waals surface area contributed by atoms with Crippen molar-refractivity contribution in [2.24, 2.45) is 0 Å². The fraction of sp³-hybridized carbons (Fsp3) is 0.500. The van der Waals surface area contributed by atoms with Gasteiger partial charge in [-0.3, -0.25) is 0 Å². The predicted molar refractivity (Wildman–Crippen MR) is 53.6 cm³/mol. The Hall–Kier alpha value is -0.820. The highest BCUT2D eigenvalue weighted by Gasteiger charge is 2.50. The molecule has 68 valence electrons. The molecule has 3 fully saturated rings. The fourth-order valence-electron chi connectivity index (χ4n) is 2.78. The number of aryl methyl sites for hydroxylation is 1. The number of fused-ring (bicyclic) bond motifs is 1. The van der Waals surface area contributed by atoms with Crippen molar-refractivity contribution in [2.45, 2.75) is 37.8 Å². The third kappa shape index (κ3) is 0.969. The Morgan fingerprint density at radius 3 is 2.54 bits per heavy atom. The van der Waals surface area contributed by atoms with Crippen LogP contribution in [0.25, 0.3) is 0 Å². The van der Waals surface area contributed by atoms with Gasteiger partial charge < -0.3 is 5.32 Å².